The summed E-state index contributed by atoms with van der Waals surface area (Å²) in [6, 6.07) is 10.3. The van der Waals surface area contributed by atoms with E-state index in [1.54, 1.807) is 0 Å². The second kappa shape index (κ2) is 5.12. The Kier molecular flexibility index (Phi) is 3.31. The van der Waals surface area contributed by atoms with Gasteiger partial charge in [0.2, 0.25) is 0 Å². The lowest BCUT2D eigenvalue weighted by molar-refractivity contribution is 0.112. The maximum Gasteiger partial charge on any atom is 0.150 e. The molecule has 2 aromatic carbocycles. The second-order valence-corrected chi connectivity index (χ2v) is 5.38. The van der Waals surface area contributed by atoms with E-state index in [4.69, 9.17) is 4.74 Å². The minimum absolute atomic E-state index is 0.793. The number of benzene rings is 2. The largest absolute Gasteiger partial charge is 0.493 e. The quantitative estimate of drug-likeness (QED) is 0.765. The zero-order chi connectivity index (χ0) is 14.1. The van der Waals surface area contributed by atoms with Gasteiger partial charge in [-0.3, -0.25) is 4.79 Å². The second-order valence-electron chi connectivity index (χ2n) is 5.38. The molecule has 0 aliphatic carbocycles. The topological polar surface area (TPSA) is 26.3 Å². The SMILES string of the molecule is Cc1ccc(C)c(-c2ccc3c(c2)CCCO3)c1C=O. The number of hydrogen-bond acceptors (Lipinski definition) is 2. The lowest BCUT2D eigenvalue weighted by Gasteiger charge is -2.19. The van der Waals surface area contributed by atoms with Gasteiger partial charge in [0.05, 0.1) is 6.61 Å². The molecule has 0 unspecified atom stereocenters. The van der Waals surface area contributed by atoms with Crippen LogP contribution in [0.5, 0.6) is 5.75 Å². The monoisotopic (exact) mass is 266 g/mol. The van der Waals surface area contributed by atoms with Crippen molar-refractivity contribution in [1.82, 2.24) is 0 Å². The number of rotatable bonds is 2. The average Bonchev–Trinajstić information content (AvgIpc) is 2.48. The third-order valence-corrected chi connectivity index (χ3v) is 3.99. The first kappa shape index (κ1) is 12.9. The van der Waals surface area contributed by atoms with Gasteiger partial charge < -0.3 is 4.74 Å². The molecule has 2 heteroatoms. The van der Waals surface area contributed by atoms with Crippen LogP contribution in [0.1, 0.15) is 33.5 Å². The predicted octanol–water partition coefficient (Wildman–Crippen LogP) is 4.11. The third kappa shape index (κ3) is 2.11. The van der Waals surface area contributed by atoms with Crippen molar-refractivity contribution in [2.75, 3.05) is 6.61 Å². The molecule has 1 aliphatic rings. The number of fused-ring (bicyclic) bond motifs is 1. The molecule has 0 saturated heterocycles. The molecular weight excluding hydrogens is 248 g/mol. The van der Waals surface area contributed by atoms with E-state index in [1.807, 2.05) is 19.1 Å². The Morgan fingerprint density at radius 2 is 1.90 bits per heavy atom. The van der Waals surface area contributed by atoms with E-state index in [0.29, 0.717) is 0 Å². The van der Waals surface area contributed by atoms with Gasteiger partial charge in [-0.25, -0.2) is 0 Å². The third-order valence-electron chi connectivity index (χ3n) is 3.99. The highest BCUT2D eigenvalue weighted by Crippen LogP contribution is 2.34. The molecule has 0 N–H and O–H groups in total. The smallest absolute Gasteiger partial charge is 0.150 e. The number of carbonyl (C=O) groups excluding carboxylic acids is 1. The average molecular weight is 266 g/mol. The summed E-state index contributed by atoms with van der Waals surface area (Å²) in [4.78, 5) is 11.4. The van der Waals surface area contributed by atoms with Crippen molar-refractivity contribution in [2.24, 2.45) is 0 Å². The van der Waals surface area contributed by atoms with Crippen LogP contribution in [0.15, 0.2) is 30.3 Å². The van der Waals surface area contributed by atoms with E-state index >= 15 is 0 Å². The van der Waals surface area contributed by atoms with Crippen molar-refractivity contribution >= 4 is 6.29 Å². The summed E-state index contributed by atoms with van der Waals surface area (Å²) >= 11 is 0. The number of aldehydes is 1. The summed E-state index contributed by atoms with van der Waals surface area (Å²) in [5.41, 5.74) is 6.35. The van der Waals surface area contributed by atoms with Crippen LogP contribution in [0.25, 0.3) is 11.1 Å². The number of carbonyl (C=O) groups is 1. The van der Waals surface area contributed by atoms with Crippen molar-refractivity contribution in [2.45, 2.75) is 26.7 Å². The fourth-order valence-electron chi connectivity index (χ4n) is 2.88. The number of hydrogen-bond donors (Lipinski definition) is 0. The summed E-state index contributed by atoms with van der Waals surface area (Å²) in [7, 11) is 0. The first-order chi connectivity index (χ1) is 9.70. The molecule has 0 amide bonds. The Morgan fingerprint density at radius 1 is 1.10 bits per heavy atom. The Hall–Kier alpha value is -2.09. The van der Waals surface area contributed by atoms with E-state index in [0.717, 1.165) is 59.3 Å². The van der Waals surface area contributed by atoms with Gasteiger partial charge in [0, 0.05) is 5.56 Å². The van der Waals surface area contributed by atoms with Gasteiger partial charge in [0.25, 0.3) is 0 Å². The normalized spacial score (nSPS) is 13.5. The fourth-order valence-corrected chi connectivity index (χ4v) is 2.88. The molecule has 0 aromatic heterocycles. The Balaban J connectivity index is 2.18. The molecule has 102 valence electrons. The minimum atomic E-state index is 0.793. The van der Waals surface area contributed by atoms with Crippen LogP contribution in [-0.4, -0.2) is 12.9 Å². The summed E-state index contributed by atoms with van der Waals surface area (Å²) < 4.78 is 5.66. The Bertz CT molecular complexity index is 671. The molecule has 0 spiro atoms. The predicted molar refractivity (Wildman–Crippen MR) is 80.6 cm³/mol. The van der Waals surface area contributed by atoms with Crippen molar-refractivity contribution in [3.63, 3.8) is 0 Å². The molecule has 0 atom stereocenters. The van der Waals surface area contributed by atoms with Gasteiger partial charge in [0.1, 0.15) is 5.75 Å². The summed E-state index contributed by atoms with van der Waals surface area (Å²) in [6.45, 7) is 4.83. The standard InChI is InChI=1S/C18H18O2/c1-12-5-6-13(2)18(16(12)11-19)15-7-8-17-14(10-15)4-3-9-20-17/h5-8,10-11H,3-4,9H2,1-2H3. The van der Waals surface area contributed by atoms with Crippen molar-refractivity contribution < 1.29 is 9.53 Å². The van der Waals surface area contributed by atoms with Crippen LogP contribution >= 0.6 is 0 Å². The van der Waals surface area contributed by atoms with Gasteiger partial charge in [-0.15, -0.1) is 0 Å². The zero-order valence-corrected chi connectivity index (χ0v) is 11.9. The van der Waals surface area contributed by atoms with Crippen LogP contribution in [0.4, 0.5) is 0 Å². The molecule has 2 aromatic rings. The Morgan fingerprint density at radius 3 is 2.70 bits per heavy atom. The maximum absolute atomic E-state index is 11.4. The van der Waals surface area contributed by atoms with Gasteiger partial charge in [-0.05, 0) is 66.6 Å². The fraction of sp³-hybridized carbons (Fsp3) is 0.278. The van der Waals surface area contributed by atoms with Gasteiger partial charge >= 0.3 is 0 Å². The van der Waals surface area contributed by atoms with E-state index in [2.05, 4.69) is 25.1 Å². The first-order valence-corrected chi connectivity index (χ1v) is 7.02. The van der Waals surface area contributed by atoms with E-state index in [9.17, 15) is 4.79 Å². The van der Waals surface area contributed by atoms with Crippen LogP contribution in [0.3, 0.4) is 0 Å². The molecule has 1 aliphatic heterocycles. The minimum Gasteiger partial charge on any atom is -0.493 e. The molecule has 0 radical (unpaired) electrons. The van der Waals surface area contributed by atoms with Gasteiger partial charge in [-0.2, -0.15) is 0 Å². The van der Waals surface area contributed by atoms with Crippen LogP contribution in [0.2, 0.25) is 0 Å². The van der Waals surface area contributed by atoms with Crippen LogP contribution < -0.4 is 4.74 Å². The van der Waals surface area contributed by atoms with Crippen LogP contribution in [-0.2, 0) is 6.42 Å². The van der Waals surface area contributed by atoms with Gasteiger partial charge in [0.15, 0.2) is 6.29 Å². The number of ether oxygens (including phenoxy) is 1. The highest BCUT2D eigenvalue weighted by molar-refractivity contribution is 5.91. The zero-order valence-electron chi connectivity index (χ0n) is 11.9. The van der Waals surface area contributed by atoms with E-state index in [-0.39, 0.29) is 0 Å². The first-order valence-electron chi connectivity index (χ1n) is 7.02. The highest BCUT2D eigenvalue weighted by atomic mass is 16.5. The highest BCUT2D eigenvalue weighted by Gasteiger charge is 2.15. The summed E-state index contributed by atoms with van der Waals surface area (Å²) in [6.07, 6.45) is 3.07. The van der Waals surface area contributed by atoms with Crippen molar-refractivity contribution in [3.05, 3.63) is 52.6 Å². The molecule has 0 fully saturated rings. The van der Waals surface area contributed by atoms with Crippen molar-refractivity contribution in [3.8, 4) is 16.9 Å². The van der Waals surface area contributed by atoms with Crippen molar-refractivity contribution in [1.29, 1.82) is 0 Å². The van der Waals surface area contributed by atoms with E-state index in [1.165, 1.54) is 5.56 Å². The Labute approximate surface area is 119 Å². The summed E-state index contributed by atoms with van der Waals surface area (Å²) in [5.74, 6) is 0.984. The summed E-state index contributed by atoms with van der Waals surface area (Å²) in [5, 5.41) is 0. The lowest BCUT2D eigenvalue weighted by atomic mass is 9.90. The lowest BCUT2D eigenvalue weighted by Crippen LogP contribution is -2.08. The van der Waals surface area contributed by atoms with Crippen LogP contribution in [0, 0.1) is 13.8 Å². The number of aryl methyl sites for hydroxylation is 3. The van der Waals surface area contributed by atoms with Gasteiger partial charge in [-0.1, -0.05) is 18.2 Å². The molecule has 2 nitrogen and oxygen atoms in total. The molecular formula is C18H18O2. The van der Waals surface area contributed by atoms with E-state index < -0.39 is 0 Å². The molecule has 20 heavy (non-hydrogen) atoms. The molecule has 1 heterocycles. The molecule has 0 saturated carbocycles. The molecule has 3 rings (SSSR count). The maximum atomic E-state index is 11.4. The molecule has 0 bridgehead atoms.